The molecule has 1 aliphatic heterocycles. The number of nitrogens with two attached hydrogens (primary N) is 1. The fraction of sp³-hybridized carbons (Fsp3) is 0.174. The Morgan fingerprint density at radius 2 is 1.52 bits per heavy atom. The van der Waals surface area contributed by atoms with E-state index in [1.54, 1.807) is 4.90 Å². The lowest BCUT2D eigenvalue weighted by molar-refractivity contribution is -0.120. The summed E-state index contributed by atoms with van der Waals surface area (Å²) in [7, 11) is 0. The van der Waals surface area contributed by atoms with Crippen molar-refractivity contribution in [2.24, 2.45) is 5.73 Å². The molecule has 4 rings (SSSR count). The Morgan fingerprint density at radius 3 is 2.33 bits per heavy atom. The van der Waals surface area contributed by atoms with E-state index in [4.69, 9.17) is 10.5 Å². The van der Waals surface area contributed by atoms with Crippen molar-refractivity contribution in [1.82, 2.24) is 0 Å². The van der Waals surface area contributed by atoms with Gasteiger partial charge in [0.1, 0.15) is 6.04 Å². The van der Waals surface area contributed by atoms with Gasteiger partial charge in [0, 0.05) is 12.1 Å². The summed E-state index contributed by atoms with van der Waals surface area (Å²) in [5.74, 6) is -0.101. The summed E-state index contributed by atoms with van der Waals surface area (Å²) in [5, 5.41) is 0. The molecule has 0 bridgehead atoms. The minimum Gasteiger partial charge on any atom is -0.375 e. The number of para-hydroxylation sites is 1. The van der Waals surface area contributed by atoms with Gasteiger partial charge in [0.2, 0.25) is 5.91 Å². The average molecular weight is 358 g/mol. The molecule has 2 N–H and O–H groups in total. The molecule has 0 saturated carbocycles. The maximum absolute atomic E-state index is 13.1. The molecule has 1 aliphatic rings. The SMILES string of the molecule is N[C@@H]1C(=O)N(CCOCc2ccccc2)c2ccccc2-c2ccccc21. The number of benzene rings is 3. The normalized spacial score (nSPS) is 15.8. The van der Waals surface area contributed by atoms with Crippen LogP contribution in [0.5, 0.6) is 0 Å². The van der Waals surface area contributed by atoms with Crippen LogP contribution in [0.2, 0.25) is 0 Å². The van der Waals surface area contributed by atoms with Gasteiger partial charge in [-0.25, -0.2) is 0 Å². The van der Waals surface area contributed by atoms with Gasteiger partial charge >= 0.3 is 0 Å². The standard InChI is InChI=1S/C23H22N2O2/c24-22-20-12-5-4-10-18(20)19-11-6-7-13-21(19)25(23(22)26)14-15-27-16-17-8-2-1-3-9-17/h1-13,22H,14-16,24H2/t22-/m0/s1. The molecule has 136 valence electrons. The van der Waals surface area contributed by atoms with E-state index in [2.05, 4.69) is 0 Å². The first-order chi connectivity index (χ1) is 13.3. The van der Waals surface area contributed by atoms with Gasteiger partial charge in [0.25, 0.3) is 0 Å². The fourth-order valence-corrected chi connectivity index (χ4v) is 3.52. The van der Waals surface area contributed by atoms with Gasteiger partial charge in [-0.1, -0.05) is 72.8 Å². The summed E-state index contributed by atoms with van der Waals surface area (Å²) in [6.07, 6.45) is 0. The molecule has 0 radical (unpaired) electrons. The molecule has 0 spiro atoms. The summed E-state index contributed by atoms with van der Waals surface area (Å²) in [6, 6.07) is 25.1. The van der Waals surface area contributed by atoms with Crippen LogP contribution >= 0.6 is 0 Å². The largest absolute Gasteiger partial charge is 0.375 e. The third-order valence-electron chi connectivity index (χ3n) is 4.88. The van der Waals surface area contributed by atoms with Crippen molar-refractivity contribution in [1.29, 1.82) is 0 Å². The predicted octanol–water partition coefficient (Wildman–Crippen LogP) is 3.92. The van der Waals surface area contributed by atoms with Crippen LogP contribution in [-0.4, -0.2) is 19.1 Å². The van der Waals surface area contributed by atoms with Crippen LogP contribution in [-0.2, 0) is 16.1 Å². The predicted molar refractivity (Wildman–Crippen MR) is 107 cm³/mol. The number of carbonyl (C=O) groups is 1. The Labute approximate surface area is 159 Å². The minimum atomic E-state index is -0.678. The van der Waals surface area contributed by atoms with Crippen molar-refractivity contribution in [3.8, 4) is 11.1 Å². The van der Waals surface area contributed by atoms with E-state index in [0.29, 0.717) is 19.8 Å². The Morgan fingerprint density at radius 1 is 0.852 bits per heavy atom. The second-order valence-corrected chi connectivity index (χ2v) is 6.61. The van der Waals surface area contributed by atoms with Gasteiger partial charge in [0.15, 0.2) is 0 Å². The first kappa shape index (κ1) is 17.5. The molecule has 1 heterocycles. The zero-order valence-corrected chi connectivity index (χ0v) is 15.0. The lowest BCUT2D eigenvalue weighted by Gasteiger charge is -2.24. The monoisotopic (exact) mass is 358 g/mol. The topological polar surface area (TPSA) is 55.6 Å². The lowest BCUT2D eigenvalue weighted by Crippen LogP contribution is -2.39. The molecule has 3 aromatic rings. The molecule has 1 atom stereocenters. The molecule has 1 amide bonds. The number of rotatable bonds is 5. The third kappa shape index (κ3) is 3.50. The molecule has 4 nitrogen and oxygen atoms in total. The zero-order valence-electron chi connectivity index (χ0n) is 15.0. The summed E-state index contributed by atoms with van der Waals surface area (Å²) >= 11 is 0. The highest BCUT2D eigenvalue weighted by molar-refractivity contribution is 6.04. The van der Waals surface area contributed by atoms with E-state index >= 15 is 0 Å². The van der Waals surface area contributed by atoms with E-state index in [1.165, 1.54) is 0 Å². The highest BCUT2D eigenvalue weighted by atomic mass is 16.5. The number of ether oxygens (including phenoxy) is 1. The van der Waals surface area contributed by atoms with Crippen molar-refractivity contribution in [3.05, 3.63) is 90.0 Å². The van der Waals surface area contributed by atoms with Gasteiger partial charge < -0.3 is 15.4 Å². The van der Waals surface area contributed by atoms with Gasteiger partial charge in [-0.05, 0) is 22.8 Å². The quantitative estimate of drug-likeness (QED) is 0.704. The first-order valence-corrected chi connectivity index (χ1v) is 9.12. The van der Waals surface area contributed by atoms with Crippen molar-refractivity contribution >= 4 is 11.6 Å². The van der Waals surface area contributed by atoms with Crippen LogP contribution in [0.1, 0.15) is 17.2 Å². The smallest absolute Gasteiger partial charge is 0.248 e. The average Bonchev–Trinajstić information content (AvgIpc) is 2.81. The third-order valence-corrected chi connectivity index (χ3v) is 4.88. The summed E-state index contributed by atoms with van der Waals surface area (Å²) < 4.78 is 5.80. The van der Waals surface area contributed by atoms with E-state index in [0.717, 1.165) is 27.9 Å². The molecule has 0 aliphatic carbocycles. The van der Waals surface area contributed by atoms with Gasteiger partial charge in [-0.2, -0.15) is 0 Å². The van der Waals surface area contributed by atoms with Crippen LogP contribution in [0.4, 0.5) is 5.69 Å². The minimum absolute atomic E-state index is 0.101. The van der Waals surface area contributed by atoms with Gasteiger partial charge in [-0.3, -0.25) is 4.79 Å². The second-order valence-electron chi connectivity index (χ2n) is 6.61. The van der Waals surface area contributed by atoms with Gasteiger partial charge in [0.05, 0.1) is 18.9 Å². The molecule has 0 unspecified atom stereocenters. The van der Waals surface area contributed by atoms with Crippen LogP contribution in [0.15, 0.2) is 78.9 Å². The van der Waals surface area contributed by atoms with E-state index in [9.17, 15) is 4.79 Å². The molecule has 3 aromatic carbocycles. The van der Waals surface area contributed by atoms with E-state index in [1.807, 2.05) is 78.9 Å². The molecule has 0 aromatic heterocycles. The number of amides is 1. The molecule has 4 heteroatoms. The van der Waals surface area contributed by atoms with Crippen molar-refractivity contribution < 1.29 is 9.53 Å². The second kappa shape index (κ2) is 7.74. The maximum Gasteiger partial charge on any atom is 0.248 e. The van der Waals surface area contributed by atoms with Crippen molar-refractivity contribution in [2.45, 2.75) is 12.6 Å². The van der Waals surface area contributed by atoms with E-state index in [-0.39, 0.29) is 5.91 Å². The summed E-state index contributed by atoms with van der Waals surface area (Å²) in [5.41, 5.74) is 11.2. The Hall–Kier alpha value is -2.95. The number of hydrogen-bond donors (Lipinski definition) is 1. The highest BCUT2D eigenvalue weighted by Crippen LogP contribution is 2.39. The van der Waals surface area contributed by atoms with Gasteiger partial charge in [-0.15, -0.1) is 0 Å². The van der Waals surface area contributed by atoms with Crippen LogP contribution in [0.25, 0.3) is 11.1 Å². The van der Waals surface area contributed by atoms with E-state index < -0.39 is 6.04 Å². The van der Waals surface area contributed by atoms with Crippen molar-refractivity contribution in [2.75, 3.05) is 18.1 Å². The maximum atomic E-state index is 13.1. The molecule has 27 heavy (non-hydrogen) atoms. The number of nitrogens with zero attached hydrogens (tertiary/aromatic N) is 1. The fourth-order valence-electron chi connectivity index (χ4n) is 3.52. The number of carbonyl (C=O) groups excluding carboxylic acids is 1. The number of hydrogen-bond acceptors (Lipinski definition) is 3. The lowest BCUT2D eigenvalue weighted by atomic mass is 9.96. The zero-order chi connectivity index (χ0) is 18.6. The molecule has 0 saturated heterocycles. The Kier molecular flexibility index (Phi) is 5.01. The van der Waals surface area contributed by atoms with Crippen LogP contribution in [0.3, 0.4) is 0 Å². The summed E-state index contributed by atoms with van der Waals surface area (Å²) in [6.45, 7) is 1.43. The molecular formula is C23H22N2O2. The summed E-state index contributed by atoms with van der Waals surface area (Å²) in [4.78, 5) is 14.8. The number of fused-ring (bicyclic) bond motifs is 3. The Balaban J connectivity index is 1.57. The van der Waals surface area contributed by atoms with Crippen LogP contribution < -0.4 is 10.6 Å². The Bertz CT molecular complexity index is 940. The molecular weight excluding hydrogens is 336 g/mol. The van der Waals surface area contributed by atoms with Crippen molar-refractivity contribution in [3.63, 3.8) is 0 Å². The van der Waals surface area contributed by atoms with Crippen LogP contribution in [0, 0.1) is 0 Å². The number of anilines is 1. The first-order valence-electron chi connectivity index (χ1n) is 9.12. The highest BCUT2D eigenvalue weighted by Gasteiger charge is 2.31. The molecule has 0 fully saturated rings.